The second-order valence-corrected chi connectivity index (χ2v) is 6.57. The van der Waals surface area contributed by atoms with Crippen molar-refractivity contribution in [3.8, 4) is 0 Å². The Morgan fingerprint density at radius 3 is 1.03 bits per heavy atom. The zero-order chi connectivity index (χ0) is 27.4. The molecular weight excluding hydrogens is 566 g/mol. The van der Waals surface area contributed by atoms with Gasteiger partial charge in [0.2, 0.25) is 0 Å². The summed E-state index contributed by atoms with van der Waals surface area (Å²) in [7, 11) is 0. The number of esters is 4. The second kappa shape index (κ2) is 19.8. The topological polar surface area (TPSA) is 248 Å². The number of hydrogen-bond donors (Lipinski definition) is 4. The average Bonchev–Trinajstić information content (AvgIpc) is 2.87. The van der Waals surface area contributed by atoms with Crippen LogP contribution in [0.25, 0.3) is 0 Å². The molecule has 0 heterocycles. The van der Waals surface area contributed by atoms with Crippen molar-refractivity contribution in [2.45, 2.75) is 24.4 Å². The van der Waals surface area contributed by atoms with E-state index in [-0.39, 0.29) is 114 Å². The third-order valence-electron chi connectivity index (χ3n) is 3.97. The summed E-state index contributed by atoms with van der Waals surface area (Å²) in [5, 5.41) is 56.1. The molecule has 0 fully saturated rings. The monoisotopic (exact) mass is 584 g/mol. The van der Waals surface area contributed by atoms with Gasteiger partial charge in [0.1, 0.15) is 12.2 Å². The molecule has 0 amide bonds. The summed E-state index contributed by atoms with van der Waals surface area (Å²) in [6, 6.07) is 14.8. The molecule has 16 heteroatoms. The second-order valence-electron chi connectivity index (χ2n) is 6.57. The molecule has 2 aromatic rings. The molecule has 0 radical (unpaired) electrons. The number of carbonyl (C=O) groups excluding carboxylic acids is 6. The minimum atomic E-state index is -2.46. The summed E-state index contributed by atoms with van der Waals surface area (Å²) in [4.78, 5) is 65.3. The van der Waals surface area contributed by atoms with E-state index in [1.54, 1.807) is 12.1 Å². The Bertz CT molecular complexity index is 1010. The zero-order valence-corrected chi connectivity index (χ0v) is 26.2. The number of aliphatic hydroxyl groups is 4. The van der Waals surface area contributed by atoms with Crippen LogP contribution in [0.15, 0.2) is 60.7 Å². The van der Waals surface area contributed by atoms with E-state index in [4.69, 9.17) is 20.4 Å². The fourth-order valence-electron chi connectivity index (χ4n) is 2.09. The maximum Gasteiger partial charge on any atom is 1.00 e. The molecule has 192 valence electrons. The van der Waals surface area contributed by atoms with Crippen molar-refractivity contribution >= 4 is 35.8 Å². The maximum atomic E-state index is 11.4. The molecule has 0 saturated carbocycles. The van der Waals surface area contributed by atoms with Gasteiger partial charge in [-0.3, -0.25) is 0 Å². The number of aliphatic hydroxyl groups excluding tert-OH is 4. The molecule has 38 heavy (non-hydrogen) atoms. The number of carbonyl (C=O) groups is 6. The van der Waals surface area contributed by atoms with E-state index in [1.807, 2.05) is 0 Å². The molecule has 0 aliphatic rings. The molecule has 2 aromatic carbocycles. The van der Waals surface area contributed by atoms with E-state index >= 15 is 0 Å². The van der Waals surface area contributed by atoms with Crippen molar-refractivity contribution in [3.63, 3.8) is 0 Å². The van der Waals surface area contributed by atoms with Gasteiger partial charge in [0, 0.05) is 0 Å². The summed E-state index contributed by atoms with van der Waals surface area (Å²) in [5.41, 5.74) is 0.0852. The van der Waals surface area contributed by atoms with E-state index in [0.29, 0.717) is 0 Å². The Morgan fingerprint density at radius 2 is 0.789 bits per heavy atom. The summed E-state index contributed by atoms with van der Waals surface area (Å²) < 4.78 is 8.38. The summed E-state index contributed by atoms with van der Waals surface area (Å²) >= 11 is 0. The molecule has 4 atom stereocenters. The van der Waals surface area contributed by atoms with E-state index < -0.39 is 60.2 Å². The van der Waals surface area contributed by atoms with E-state index in [1.165, 1.54) is 48.5 Å². The average molecular weight is 585 g/mol. The molecule has 4 unspecified atom stereocenters. The van der Waals surface area contributed by atoms with Crippen LogP contribution < -0.4 is 113 Å². The van der Waals surface area contributed by atoms with Crippen molar-refractivity contribution in [1.82, 2.24) is 0 Å². The smallest absolute Gasteiger partial charge is 0.547 e. The molecule has 14 nitrogen and oxygen atoms in total. The Labute approximate surface area is 299 Å². The normalized spacial score (nSPS) is 12.7. The minimum Gasteiger partial charge on any atom is -0.547 e. The Hall–Kier alpha value is -1.23. The van der Waals surface area contributed by atoms with Gasteiger partial charge in [0.15, 0.2) is 12.2 Å². The van der Waals surface area contributed by atoms with Crippen LogP contribution in [-0.4, -0.2) is 80.7 Å². The third-order valence-corrected chi connectivity index (χ3v) is 3.97. The summed E-state index contributed by atoms with van der Waals surface area (Å²) in [6.45, 7) is 0. The number of benzene rings is 2. The third kappa shape index (κ3) is 13.2. The van der Waals surface area contributed by atoms with E-state index in [9.17, 15) is 39.0 Å². The van der Waals surface area contributed by atoms with Crippen LogP contribution >= 0.6 is 0 Å². The van der Waals surface area contributed by atoms with Crippen LogP contribution in [0.3, 0.4) is 0 Å². The van der Waals surface area contributed by atoms with Gasteiger partial charge in [-0.1, -0.05) is 36.4 Å². The fourth-order valence-corrected chi connectivity index (χ4v) is 2.09. The first-order valence-corrected chi connectivity index (χ1v) is 9.63. The van der Waals surface area contributed by atoms with Crippen LogP contribution in [-0.2, 0) is 28.7 Å². The van der Waals surface area contributed by atoms with E-state index in [2.05, 4.69) is 9.47 Å². The summed E-state index contributed by atoms with van der Waals surface area (Å²) in [5.74, 6) is -9.37. The van der Waals surface area contributed by atoms with Gasteiger partial charge < -0.3 is 49.7 Å². The Balaban J connectivity index is 0. The number of rotatable bonds is 8. The molecular formula is C22H18K2O14. The number of hydrogen-bond acceptors (Lipinski definition) is 14. The Kier molecular flexibility index (Phi) is 20.2. The molecule has 0 spiro atoms. The summed E-state index contributed by atoms with van der Waals surface area (Å²) in [6.07, 6.45) is -9.69. The van der Waals surface area contributed by atoms with E-state index in [0.717, 1.165) is 0 Å². The van der Waals surface area contributed by atoms with Crippen LogP contribution in [0.4, 0.5) is 0 Å². The molecule has 0 aliphatic heterocycles. The number of ether oxygens (including phenoxy) is 2. The van der Waals surface area contributed by atoms with Gasteiger partial charge in [0.05, 0.1) is 23.1 Å². The van der Waals surface area contributed by atoms with Crippen molar-refractivity contribution < 1.29 is 172 Å². The molecule has 2 rings (SSSR count). The first-order chi connectivity index (χ1) is 16.9. The van der Waals surface area contributed by atoms with Crippen molar-refractivity contribution in [2.75, 3.05) is 0 Å². The van der Waals surface area contributed by atoms with Crippen molar-refractivity contribution in [2.24, 2.45) is 0 Å². The van der Waals surface area contributed by atoms with Crippen LogP contribution in [0.2, 0.25) is 0 Å². The van der Waals surface area contributed by atoms with Crippen molar-refractivity contribution in [1.29, 1.82) is 0 Å². The first kappa shape index (κ1) is 38.9. The van der Waals surface area contributed by atoms with Gasteiger partial charge in [0.25, 0.3) is 0 Å². The van der Waals surface area contributed by atoms with Gasteiger partial charge in [-0.15, -0.1) is 0 Å². The molecule has 0 bridgehead atoms. The standard InChI is InChI=1S/2C11H10O7.2K/c2*12-7(9(14)15)8(13)11(17)18-10(16)6-4-2-1-3-5-6;;/h2*1-5,7-8,12-13H,(H,14,15);;/q;;2*+1/p-2. The van der Waals surface area contributed by atoms with Gasteiger partial charge in [-0.2, -0.15) is 0 Å². The van der Waals surface area contributed by atoms with Crippen LogP contribution in [0, 0.1) is 0 Å². The molecule has 4 N–H and O–H groups in total. The quantitative estimate of drug-likeness (QED) is 0.128. The van der Waals surface area contributed by atoms with Crippen molar-refractivity contribution in [3.05, 3.63) is 71.8 Å². The molecule has 0 saturated heterocycles. The fraction of sp³-hybridized carbons (Fsp3) is 0.182. The van der Waals surface area contributed by atoms with Gasteiger partial charge in [-0.25, -0.2) is 19.2 Å². The molecule has 0 aliphatic carbocycles. The predicted molar refractivity (Wildman–Crippen MR) is 108 cm³/mol. The SMILES string of the molecule is O=C(OC(=O)C(O)C(O)C(=O)[O-])c1ccccc1.O=C(OC(=O)C(O)C(O)C(=O)[O-])c1ccccc1.[K+].[K+]. The van der Waals surface area contributed by atoms with Crippen LogP contribution in [0.1, 0.15) is 20.7 Å². The van der Waals surface area contributed by atoms with Crippen LogP contribution in [0.5, 0.6) is 0 Å². The van der Waals surface area contributed by atoms with Gasteiger partial charge in [-0.05, 0) is 24.3 Å². The number of carboxylic acids is 2. The Morgan fingerprint density at radius 1 is 0.526 bits per heavy atom. The maximum absolute atomic E-state index is 11.4. The first-order valence-electron chi connectivity index (χ1n) is 9.63. The van der Waals surface area contributed by atoms with Gasteiger partial charge >= 0.3 is 127 Å². The minimum absolute atomic E-state index is 0. The number of carboxylic acid groups (broad SMARTS) is 2. The molecule has 0 aromatic heterocycles. The predicted octanol–water partition coefficient (Wildman–Crippen LogP) is -10.3. The number of aliphatic carboxylic acids is 2. The zero-order valence-electron chi connectivity index (χ0n) is 20.0. The largest absolute Gasteiger partial charge is 1.00 e.